The zero-order valence-corrected chi connectivity index (χ0v) is 11.8. The van der Waals surface area contributed by atoms with E-state index in [4.69, 9.17) is 4.42 Å². The Balaban J connectivity index is 1.38. The van der Waals surface area contributed by atoms with E-state index < -0.39 is 0 Å². The second-order valence-corrected chi connectivity index (χ2v) is 6.15. The highest BCUT2D eigenvalue weighted by Gasteiger charge is 2.19. The van der Waals surface area contributed by atoms with Gasteiger partial charge in [0, 0.05) is 25.3 Å². The van der Waals surface area contributed by atoms with Gasteiger partial charge in [-0.3, -0.25) is 0 Å². The third kappa shape index (κ3) is 4.14. The van der Waals surface area contributed by atoms with Crippen molar-refractivity contribution in [3.05, 3.63) is 34.2 Å². The molecule has 1 fully saturated rings. The number of hydrogen-bond acceptors (Lipinski definition) is 5. The predicted octanol–water partition coefficient (Wildman–Crippen LogP) is 2.60. The molecule has 19 heavy (non-hydrogen) atoms. The Morgan fingerprint density at radius 2 is 2.05 bits per heavy atom. The molecule has 2 heterocycles. The van der Waals surface area contributed by atoms with Crippen LogP contribution in [0, 0.1) is 0 Å². The first-order valence-corrected chi connectivity index (χ1v) is 7.79. The Morgan fingerprint density at radius 1 is 1.21 bits per heavy atom. The largest absolute Gasteiger partial charge is 0.469 e. The zero-order valence-electron chi connectivity index (χ0n) is 11.0. The van der Waals surface area contributed by atoms with Gasteiger partial charge in [-0.25, -0.2) is 0 Å². The van der Waals surface area contributed by atoms with Gasteiger partial charge in [0.05, 0.1) is 6.26 Å². The summed E-state index contributed by atoms with van der Waals surface area (Å²) in [6.07, 6.45) is 8.46. The van der Waals surface area contributed by atoms with E-state index >= 15 is 0 Å². The second kappa shape index (κ2) is 6.30. The summed E-state index contributed by atoms with van der Waals surface area (Å²) in [5, 5.41) is 14.3. The summed E-state index contributed by atoms with van der Waals surface area (Å²) in [5.41, 5.74) is 0. The van der Waals surface area contributed by atoms with Gasteiger partial charge in [0.15, 0.2) is 0 Å². The molecule has 4 nitrogen and oxygen atoms in total. The van der Waals surface area contributed by atoms with Crippen LogP contribution in [-0.2, 0) is 19.3 Å². The van der Waals surface area contributed by atoms with E-state index in [1.165, 1.54) is 12.8 Å². The van der Waals surface area contributed by atoms with Gasteiger partial charge in [0.2, 0.25) is 0 Å². The van der Waals surface area contributed by atoms with E-state index in [0.717, 1.165) is 54.0 Å². The van der Waals surface area contributed by atoms with Crippen molar-refractivity contribution in [2.24, 2.45) is 0 Å². The van der Waals surface area contributed by atoms with Crippen LogP contribution in [0.25, 0.3) is 0 Å². The predicted molar refractivity (Wildman–Crippen MR) is 75.4 cm³/mol. The topological polar surface area (TPSA) is 51.0 Å². The number of nitrogens with one attached hydrogen (secondary N) is 1. The number of aromatic nitrogens is 2. The summed E-state index contributed by atoms with van der Waals surface area (Å²) >= 11 is 1.74. The summed E-state index contributed by atoms with van der Waals surface area (Å²) in [7, 11) is 0. The van der Waals surface area contributed by atoms with Crippen LogP contribution in [-0.4, -0.2) is 22.8 Å². The maximum atomic E-state index is 5.32. The number of aryl methyl sites for hydroxylation is 3. The quantitative estimate of drug-likeness (QED) is 0.754. The molecule has 1 saturated carbocycles. The Morgan fingerprint density at radius 3 is 2.79 bits per heavy atom. The standard InChI is InChI=1S/C14H19N3OS/c1(9-15-11-5-6-11)4-13-16-17-14(19-13)8-7-12-3-2-10-18-12/h2-3,10-11,15H,1,4-9H2. The zero-order chi connectivity index (χ0) is 12.9. The Bertz CT molecular complexity index is 491. The summed E-state index contributed by atoms with van der Waals surface area (Å²) in [6.45, 7) is 1.10. The molecule has 5 heteroatoms. The van der Waals surface area contributed by atoms with Crippen molar-refractivity contribution in [2.75, 3.05) is 6.54 Å². The minimum absolute atomic E-state index is 0.804. The van der Waals surface area contributed by atoms with E-state index in [2.05, 4.69) is 15.5 Å². The number of furan rings is 1. The Hall–Kier alpha value is -1.20. The summed E-state index contributed by atoms with van der Waals surface area (Å²) < 4.78 is 5.32. The van der Waals surface area contributed by atoms with Crippen molar-refractivity contribution < 1.29 is 4.42 Å². The molecule has 0 saturated heterocycles. The molecule has 1 N–H and O–H groups in total. The smallest absolute Gasteiger partial charge is 0.117 e. The van der Waals surface area contributed by atoms with Gasteiger partial charge < -0.3 is 9.73 Å². The van der Waals surface area contributed by atoms with Gasteiger partial charge in [0.1, 0.15) is 15.8 Å². The molecule has 2 aromatic heterocycles. The maximum absolute atomic E-state index is 5.32. The van der Waals surface area contributed by atoms with Gasteiger partial charge in [-0.1, -0.05) is 0 Å². The molecule has 0 amide bonds. The lowest BCUT2D eigenvalue weighted by Gasteiger charge is -1.99. The average Bonchev–Trinajstić information content (AvgIpc) is 2.92. The van der Waals surface area contributed by atoms with Crippen molar-refractivity contribution >= 4 is 11.3 Å². The van der Waals surface area contributed by atoms with Crippen LogP contribution in [0.4, 0.5) is 0 Å². The molecule has 0 radical (unpaired) electrons. The molecule has 0 bridgehead atoms. The monoisotopic (exact) mass is 277 g/mol. The number of nitrogens with zero attached hydrogens (tertiary/aromatic N) is 2. The van der Waals surface area contributed by atoms with Gasteiger partial charge in [-0.05, 0) is 37.9 Å². The fourth-order valence-corrected chi connectivity index (χ4v) is 2.89. The van der Waals surface area contributed by atoms with Crippen molar-refractivity contribution in [3.63, 3.8) is 0 Å². The average molecular weight is 277 g/mol. The van der Waals surface area contributed by atoms with Crippen LogP contribution in [0.3, 0.4) is 0 Å². The summed E-state index contributed by atoms with van der Waals surface area (Å²) in [4.78, 5) is 0. The first-order chi connectivity index (χ1) is 9.40. The molecule has 102 valence electrons. The maximum Gasteiger partial charge on any atom is 0.117 e. The van der Waals surface area contributed by atoms with E-state index in [-0.39, 0.29) is 0 Å². The SMILES string of the molecule is c1coc(CCc2nnc(CCCNC3CC3)s2)c1. The lowest BCUT2D eigenvalue weighted by atomic mass is 10.2. The van der Waals surface area contributed by atoms with E-state index in [9.17, 15) is 0 Å². The minimum Gasteiger partial charge on any atom is -0.469 e. The number of hydrogen-bond donors (Lipinski definition) is 1. The molecule has 0 atom stereocenters. The fraction of sp³-hybridized carbons (Fsp3) is 0.571. The molecule has 3 rings (SSSR count). The van der Waals surface area contributed by atoms with E-state index in [1.807, 2.05) is 12.1 Å². The van der Waals surface area contributed by atoms with E-state index in [0.29, 0.717) is 0 Å². The highest BCUT2D eigenvalue weighted by molar-refractivity contribution is 7.11. The first-order valence-electron chi connectivity index (χ1n) is 6.97. The third-order valence-corrected chi connectivity index (χ3v) is 4.29. The number of rotatable bonds is 8. The van der Waals surface area contributed by atoms with Crippen LogP contribution >= 0.6 is 11.3 Å². The highest BCUT2D eigenvalue weighted by atomic mass is 32.1. The summed E-state index contributed by atoms with van der Waals surface area (Å²) in [6, 6.07) is 4.73. The first kappa shape index (κ1) is 12.8. The van der Waals surface area contributed by atoms with E-state index in [1.54, 1.807) is 17.6 Å². The molecule has 1 aliphatic rings. The van der Waals surface area contributed by atoms with Crippen LogP contribution in [0.5, 0.6) is 0 Å². The molecule has 0 spiro atoms. The van der Waals surface area contributed by atoms with Gasteiger partial charge in [-0.2, -0.15) is 0 Å². The second-order valence-electron chi connectivity index (χ2n) is 5.00. The van der Waals surface area contributed by atoms with Gasteiger partial charge in [0.25, 0.3) is 0 Å². The van der Waals surface area contributed by atoms with Crippen molar-refractivity contribution in [2.45, 2.75) is 44.6 Å². The molecular formula is C14H19N3OS. The van der Waals surface area contributed by atoms with Crippen LogP contribution in [0.1, 0.15) is 35.0 Å². The van der Waals surface area contributed by atoms with Crippen LogP contribution in [0.2, 0.25) is 0 Å². The van der Waals surface area contributed by atoms with Crippen molar-refractivity contribution in [1.82, 2.24) is 15.5 Å². The molecular weight excluding hydrogens is 258 g/mol. The Kier molecular flexibility index (Phi) is 4.25. The lowest BCUT2D eigenvalue weighted by molar-refractivity contribution is 0.508. The fourth-order valence-electron chi connectivity index (χ4n) is 2.01. The minimum atomic E-state index is 0.804. The lowest BCUT2D eigenvalue weighted by Crippen LogP contribution is -2.17. The highest BCUT2D eigenvalue weighted by Crippen LogP contribution is 2.19. The van der Waals surface area contributed by atoms with Crippen LogP contribution in [0.15, 0.2) is 22.8 Å². The third-order valence-electron chi connectivity index (χ3n) is 3.25. The van der Waals surface area contributed by atoms with Gasteiger partial charge in [-0.15, -0.1) is 21.5 Å². The van der Waals surface area contributed by atoms with Crippen molar-refractivity contribution in [1.29, 1.82) is 0 Å². The molecule has 0 aliphatic heterocycles. The Labute approximate surface area is 117 Å². The van der Waals surface area contributed by atoms with Crippen molar-refractivity contribution in [3.8, 4) is 0 Å². The molecule has 0 unspecified atom stereocenters. The molecule has 1 aliphatic carbocycles. The molecule has 2 aromatic rings. The van der Waals surface area contributed by atoms with Crippen LogP contribution < -0.4 is 5.32 Å². The van der Waals surface area contributed by atoms with Gasteiger partial charge >= 0.3 is 0 Å². The normalized spacial score (nSPS) is 14.9. The summed E-state index contributed by atoms with van der Waals surface area (Å²) in [5.74, 6) is 1.02. The molecule has 0 aromatic carbocycles.